The van der Waals surface area contributed by atoms with E-state index in [1.807, 2.05) is 30.3 Å². The second-order valence-corrected chi connectivity index (χ2v) is 5.98. The minimum atomic E-state index is 0.277. The molecule has 21 heavy (non-hydrogen) atoms. The Bertz CT molecular complexity index is 630. The summed E-state index contributed by atoms with van der Waals surface area (Å²) in [5, 5.41) is 0. The van der Waals surface area contributed by atoms with E-state index in [1.54, 1.807) is 0 Å². The smallest absolute Gasteiger partial charge is 0.136 e. The van der Waals surface area contributed by atoms with E-state index >= 15 is 0 Å². The van der Waals surface area contributed by atoms with Crippen LogP contribution in [0.5, 0.6) is 11.5 Å². The molecule has 0 fully saturated rings. The topological polar surface area (TPSA) is 44.5 Å². The van der Waals surface area contributed by atoms with Gasteiger partial charge in [-0.1, -0.05) is 30.3 Å². The number of para-hydroxylation sites is 2. The van der Waals surface area contributed by atoms with Crippen LogP contribution in [0, 0.1) is 0 Å². The second-order valence-electron chi connectivity index (χ2n) is 5.12. The van der Waals surface area contributed by atoms with Gasteiger partial charge in [-0.05, 0) is 46.6 Å². The van der Waals surface area contributed by atoms with Gasteiger partial charge in [0.15, 0.2) is 0 Å². The second kappa shape index (κ2) is 6.50. The molecule has 110 valence electrons. The summed E-state index contributed by atoms with van der Waals surface area (Å²) in [6.07, 6.45) is 0.812. The van der Waals surface area contributed by atoms with E-state index < -0.39 is 0 Å². The largest absolute Gasteiger partial charge is 0.493 e. The summed E-state index contributed by atoms with van der Waals surface area (Å²) in [4.78, 5) is 0. The normalized spacial score (nSPS) is 16.4. The molecule has 0 aliphatic carbocycles. The van der Waals surface area contributed by atoms with E-state index in [-0.39, 0.29) is 5.92 Å². The van der Waals surface area contributed by atoms with Crippen LogP contribution in [-0.2, 0) is 6.42 Å². The molecule has 3 rings (SSSR count). The standard InChI is InChI=1S/C17H18BrNO2/c18-15-6-3-4-12(8-9-19)17(15)21-11-13-10-20-16-7-2-1-5-14(13)16/h1-7,13H,8-11,19H2. The number of benzene rings is 2. The van der Waals surface area contributed by atoms with Crippen molar-refractivity contribution in [3.05, 3.63) is 58.1 Å². The van der Waals surface area contributed by atoms with Crippen LogP contribution >= 0.6 is 15.9 Å². The van der Waals surface area contributed by atoms with E-state index in [9.17, 15) is 0 Å². The van der Waals surface area contributed by atoms with Crippen LogP contribution in [0.15, 0.2) is 46.9 Å². The number of ether oxygens (including phenoxy) is 2. The van der Waals surface area contributed by atoms with Crippen LogP contribution < -0.4 is 15.2 Å². The monoisotopic (exact) mass is 347 g/mol. The molecule has 1 aliphatic heterocycles. The Morgan fingerprint density at radius 1 is 1.19 bits per heavy atom. The molecule has 1 atom stereocenters. The van der Waals surface area contributed by atoms with Crippen LogP contribution in [0.25, 0.3) is 0 Å². The number of hydrogen-bond acceptors (Lipinski definition) is 3. The summed E-state index contributed by atoms with van der Waals surface area (Å²) >= 11 is 3.56. The molecule has 0 saturated heterocycles. The van der Waals surface area contributed by atoms with Crippen LogP contribution in [-0.4, -0.2) is 19.8 Å². The molecule has 3 nitrogen and oxygen atoms in total. The van der Waals surface area contributed by atoms with Gasteiger partial charge in [0.25, 0.3) is 0 Å². The van der Waals surface area contributed by atoms with Crippen molar-refractivity contribution >= 4 is 15.9 Å². The van der Waals surface area contributed by atoms with Gasteiger partial charge in [0.05, 0.1) is 23.6 Å². The lowest BCUT2D eigenvalue weighted by Gasteiger charge is -2.15. The summed E-state index contributed by atoms with van der Waals surface area (Å²) in [5.74, 6) is 2.15. The SMILES string of the molecule is NCCc1cccc(Br)c1OCC1COc2ccccc21. The third kappa shape index (κ3) is 3.06. The molecule has 0 amide bonds. The highest BCUT2D eigenvalue weighted by Gasteiger charge is 2.24. The maximum atomic E-state index is 6.08. The number of rotatable bonds is 5. The van der Waals surface area contributed by atoms with Crippen LogP contribution in [0.1, 0.15) is 17.0 Å². The van der Waals surface area contributed by atoms with E-state index in [1.165, 1.54) is 5.56 Å². The predicted octanol–water partition coefficient (Wildman–Crippen LogP) is 3.51. The summed E-state index contributed by atoms with van der Waals surface area (Å²) in [5.41, 5.74) is 8.03. The molecular formula is C17H18BrNO2. The van der Waals surface area contributed by atoms with Crippen molar-refractivity contribution in [1.29, 1.82) is 0 Å². The Hall–Kier alpha value is -1.52. The van der Waals surface area contributed by atoms with Gasteiger partial charge in [-0.15, -0.1) is 0 Å². The molecule has 0 spiro atoms. The third-order valence-corrected chi connectivity index (χ3v) is 4.31. The molecule has 0 saturated carbocycles. The van der Waals surface area contributed by atoms with Crippen molar-refractivity contribution in [2.24, 2.45) is 5.73 Å². The lowest BCUT2D eigenvalue weighted by Crippen LogP contribution is -2.13. The molecule has 2 aromatic rings. The molecule has 1 unspecified atom stereocenters. The summed E-state index contributed by atoms with van der Waals surface area (Å²) in [6, 6.07) is 14.2. The zero-order valence-corrected chi connectivity index (χ0v) is 13.3. The maximum Gasteiger partial charge on any atom is 0.136 e. The quantitative estimate of drug-likeness (QED) is 0.899. The van der Waals surface area contributed by atoms with Crippen LogP contribution in [0.4, 0.5) is 0 Å². The fraction of sp³-hybridized carbons (Fsp3) is 0.294. The average molecular weight is 348 g/mol. The van der Waals surface area contributed by atoms with Crippen LogP contribution in [0.2, 0.25) is 0 Å². The Labute approximate surface area is 133 Å². The maximum absolute atomic E-state index is 6.08. The summed E-state index contributed by atoms with van der Waals surface area (Å²) in [7, 11) is 0. The molecular weight excluding hydrogens is 330 g/mol. The molecule has 0 radical (unpaired) electrons. The first-order valence-electron chi connectivity index (χ1n) is 7.11. The van der Waals surface area contributed by atoms with E-state index in [0.717, 1.165) is 28.0 Å². The molecule has 1 heterocycles. The lowest BCUT2D eigenvalue weighted by atomic mass is 10.0. The Morgan fingerprint density at radius 3 is 2.90 bits per heavy atom. The van der Waals surface area contributed by atoms with Crippen molar-refractivity contribution in [2.45, 2.75) is 12.3 Å². The molecule has 4 heteroatoms. The van der Waals surface area contributed by atoms with Gasteiger partial charge >= 0.3 is 0 Å². The molecule has 2 N–H and O–H groups in total. The lowest BCUT2D eigenvalue weighted by molar-refractivity contribution is 0.246. The molecule has 0 bridgehead atoms. The van der Waals surface area contributed by atoms with Crippen LogP contribution in [0.3, 0.4) is 0 Å². The minimum absolute atomic E-state index is 0.277. The number of nitrogens with two attached hydrogens (primary N) is 1. The number of halogens is 1. The van der Waals surface area contributed by atoms with Crippen molar-refractivity contribution < 1.29 is 9.47 Å². The van der Waals surface area contributed by atoms with Gasteiger partial charge in [-0.25, -0.2) is 0 Å². The predicted molar refractivity (Wildman–Crippen MR) is 87.1 cm³/mol. The first-order chi connectivity index (χ1) is 10.3. The molecule has 1 aliphatic rings. The number of fused-ring (bicyclic) bond motifs is 1. The van der Waals surface area contributed by atoms with E-state index in [2.05, 4.69) is 28.1 Å². The van der Waals surface area contributed by atoms with E-state index in [4.69, 9.17) is 15.2 Å². The summed E-state index contributed by atoms with van der Waals surface area (Å²) < 4.78 is 12.7. The van der Waals surface area contributed by atoms with Gasteiger partial charge in [0.2, 0.25) is 0 Å². The minimum Gasteiger partial charge on any atom is -0.493 e. The highest BCUT2D eigenvalue weighted by molar-refractivity contribution is 9.10. The highest BCUT2D eigenvalue weighted by Crippen LogP contribution is 2.35. The van der Waals surface area contributed by atoms with Gasteiger partial charge < -0.3 is 15.2 Å². The third-order valence-electron chi connectivity index (χ3n) is 3.69. The molecule has 0 aromatic heterocycles. The van der Waals surface area contributed by atoms with Crippen molar-refractivity contribution in [1.82, 2.24) is 0 Å². The van der Waals surface area contributed by atoms with Gasteiger partial charge in [0.1, 0.15) is 11.5 Å². The van der Waals surface area contributed by atoms with Gasteiger partial charge in [-0.2, -0.15) is 0 Å². The Morgan fingerprint density at radius 2 is 2.05 bits per heavy atom. The van der Waals surface area contributed by atoms with E-state index in [0.29, 0.717) is 19.8 Å². The van der Waals surface area contributed by atoms with Gasteiger partial charge in [0, 0.05) is 5.56 Å². The zero-order valence-electron chi connectivity index (χ0n) is 11.7. The zero-order chi connectivity index (χ0) is 14.7. The Balaban J connectivity index is 1.74. The van der Waals surface area contributed by atoms with Crippen molar-refractivity contribution in [2.75, 3.05) is 19.8 Å². The van der Waals surface area contributed by atoms with Crippen molar-refractivity contribution in [3.63, 3.8) is 0 Å². The fourth-order valence-corrected chi connectivity index (χ4v) is 3.14. The summed E-state index contributed by atoms with van der Waals surface area (Å²) in [6.45, 7) is 1.90. The van der Waals surface area contributed by atoms with Crippen molar-refractivity contribution in [3.8, 4) is 11.5 Å². The fourth-order valence-electron chi connectivity index (χ4n) is 2.62. The Kier molecular flexibility index (Phi) is 4.46. The first kappa shape index (κ1) is 14.4. The average Bonchev–Trinajstić information content (AvgIpc) is 2.90. The van der Waals surface area contributed by atoms with Gasteiger partial charge in [-0.3, -0.25) is 0 Å². The first-order valence-corrected chi connectivity index (χ1v) is 7.91. The molecule has 2 aromatic carbocycles. The number of hydrogen-bond donors (Lipinski definition) is 1. The highest BCUT2D eigenvalue weighted by atomic mass is 79.9.